The maximum Gasteiger partial charge on any atom is 0.238 e. The number of ether oxygens (including phenoxy) is 1. The van der Waals surface area contributed by atoms with Crippen molar-refractivity contribution in [1.82, 2.24) is 20.2 Å². The minimum atomic E-state index is -0.202. The SMILES string of the molecule is Cc1ccccc1-n1nnnc1SCC(=O)N1c2ccccc2OC[C@H]1c1ccccc1. The number of aryl methyl sites for hydroxylation is 1. The minimum Gasteiger partial charge on any atom is -0.489 e. The van der Waals surface area contributed by atoms with Crippen molar-refractivity contribution in [2.75, 3.05) is 17.3 Å². The van der Waals surface area contributed by atoms with Crippen LogP contribution in [0.3, 0.4) is 0 Å². The Hall–Kier alpha value is -3.65. The van der Waals surface area contributed by atoms with Crippen LogP contribution in [0.2, 0.25) is 0 Å². The lowest BCUT2D eigenvalue weighted by Gasteiger charge is -2.37. The summed E-state index contributed by atoms with van der Waals surface area (Å²) in [5, 5.41) is 12.7. The summed E-state index contributed by atoms with van der Waals surface area (Å²) in [5.74, 6) is 0.880. The highest BCUT2D eigenvalue weighted by Gasteiger charge is 2.33. The van der Waals surface area contributed by atoms with Crippen LogP contribution in [0.25, 0.3) is 5.69 Å². The highest BCUT2D eigenvalue weighted by molar-refractivity contribution is 7.99. The lowest BCUT2D eigenvalue weighted by Crippen LogP contribution is -2.42. The van der Waals surface area contributed by atoms with E-state index in [-0.39, 0.29) is 17.7 Å². The second-order valence-corrected chi connectivity index (χ2v) is 8.36. The Kier molecular flexibility index (Phi) is 5.60. The zero-order chi connectivity index (χ0) is 21.9. The molecule has 4 aromatic rings. The summed E-state index contributed by atoms with van der Waals surface area (Å²) in [6.07, 6.45) is 0. The molecule has 0 unspecified atom stereocenters. The average Bonchev–Trinajstić information content (AvgIpc) is 3.31. The average molecular weight is 444 g/mol. The Labute approximate surface area is 190 Å². The number of amides is 1. The van der Waals surface area contributed by atoms with Crippen molar-refractivity contribution >= 4 is 23.4 Å². The Balaban J connectivity index is 1.42. The predicted octanol–water partition coefficient (Wildman–Crippen LogP) is 4.23. The molecule has 0 fully saturated rings. The maximum atomic E-state index is 13.5. The molecule has 1 aromatic heterocycles. The van der Waals surface area contributed by atoms with Crippen molar-refractivity contribution in [2.24, 2.45) is 0 Å². The van der Waals surface area contributed by atoms with E-state index in [9.17, 15) is 4.79 Å². The fourth-order valence-electron chi connectivity index (χ4n) is 3.84. The molecule has 1 aliphatic heterocycles. The second kappa shape index (κ2) is 8.84. The summed E-state index contributed by atoms with van der Waals surface area (Å²) < 4.78 is 7.65. The molecule has 1 atom stereocenters. The van der Waals surface area contributed by atoms with Gasteiger partial charge in [0.25, 0.3) is 0 Å². The van der Waals surface area contributed by atoms with Crippen LogP contribution >= 0.6 is 11.8 Å². The number of nitrogens with zero attached hydrogens (tertiary/aromatic N) is 5. The Bertz CT molecular complexity index is 1240. The molecule has 8 heteroatoms. The largest absolute Gasteiger partial charge is 0.489 e. The van der Waals surface area contributed by atoms with Crippen LogP contribution < -0.4 is 9.64 Å². The number of rotatable bonds is 5. The molecule has 32 heavy (non-hydrogen) atoms. The standard InChI is InChI=1S/C24H21N5O2S/c1-17-9-5-6-12-19(17)29-24(25-26-27-29)32-16-23(30)28-20-13-7-8-14-22(20)31-15-21(28)18-10-3-2-4-11-18/h2-14,21H,15-16H2,1H3/t21-/m0/s1. The van der Waals surface area contributed by atoms with Gasteiger partial charge in [-0.05, 0) is 46.7 Å². The molecule has 0 bridgehead atoms. The van der Waals surface area contributed by atoms with Gasteiger partial charge in [0.2, 0.25) is 11.1 Å². The minimum absolute atomic E-state index is 0.0288. The van der Waals surface area contributed by atoms with Crippen molar-refractivity contribution in [3.8, 4) is 11.4 Å². The second-order valence-electron chi connectivity index (χ2n) is 7.42. The quantitative estimate of drug-likeness (QED) is 0.430. The monoisotopic (exact) mass is 443 g/mol. The number of hydrogen-bond acceptors (Lipinski definition) is 6. The first-order valence-electron chi connectivity index (χ1n) is 10.3. The number of anilines is 1. The van der Waals surface area contributed by atoms with Gasteiger partial charge in [0.05, 0.1) is 23.2 Å². The summed E-state index contributed by atoms with van der Waals surface area (Å²) in [5.41, 5.74) is 3.76. The van der Waals surface area contributed by atoms with Gasteiger partial charge in [-0.15, -0.1) is 5.10 Å². The van der Waals surface area contributed by atoms with E-state index in [4.69, 9.17) is 4.74 Å². The number of fused-ring (bicyclic) bond motifs is 1. The van der Waals surface area contributed by atoms with Crippen LogP contribution in [0.5, 0.6) is 5.75 Å². The van der Waals surface area contributed by atoms with Crippen LogP contribution in [-0.4, -0.2) is 38.5 Å². The number of carbonyl (C=O) groups excluding carboxylic acids is 1. The van der Waals surface area contributed by atoms with Gasteiger partial charge >= 0.3 is 0 Å². The molecule has 0 N–H and O–H groups in total. The zero-order valence-corrected chi connectivity index (χ0v) is 18.3. The van der Waals surface area contributed by atoms with Gasteiger partial charge in [-0.2, -0.15) is 4.68 Å². The fourth-order valence-corrected chi connectivity index (χ4v) is 4.58. The highest BCUT2D eigenvalue weighted by atomic mass is 32.2. The summed E-state index contributed by atoms with van der Waals surface area (Å²) in [6.45, 7) is 2.41. The molecule has 3 aromatic carbocycles. The van der Waals surface area contributed by atoms with Gasteiger partial charge in [0, 0.05) is 0 Å². The normalized spacial score (nSPS) is 15.2. The number of benzene rings is 3. The van der Waals surface area contributed by atoms with Gasteiger partial charge in [0.15, 0.2) is 0 Å². The molecule has 0 spiro atoms. The van der Waals surface area contributed by atoms with Gasteiger partial charge < -0.3 is 4.74 Å². The van der Waals surface area contributed by atoms with Crippen LogP contribution in [0.4, 0.5) is 5.69 Å². The molecular formula is C24H21N5O2S. The van der Waals surface area contributed by atoms with Crippen molar-refractivity contribution < 1.29 is 9.53 Å². The first kappa shape index (κ1) is 20.3. The molecule has 1 aliphatic rings. The molecule has 2 heterocycles. The molecule has 160 valence electrons. The fraction of sp³-hybridized carbons (Fsp3) is 0.167. The van der Waals surface area contributed by atoms with Crippen molar-refractivity contribution in [3.63, 3.8) is 0 Å². The lowest BCUT2D eigenvalue weighted by molar-refractivity contribution is -0.117. The Morgan fingerprint density at radius 1 is 1.00 bits per heavy atom. The van der Waals surface area contributed by atoms with Gasteiger partial charge in [-0.3, -0.25) is 9.69 Å². The predicted molar refractivity (Wildman–Crippen MR) is 123 cm³/mol. The Morgan fingerprint density at radius 3 is 2.53 bits per heavy atom. The third-order valence-electron chi connectivity index (χ3n) is 5.40. The summed E-state index contributed by atoms with van der Waals surface area (Å²) >= 11 is 1.33. The van der Waals surface area contributed by atoms with Crippen LogP contribution in [-0.2, 0) is 4.79 Å². The van der Waals surface area contributed by atoms with Gasteiger partial charge in [-0.25, -0.2) is 0 Å². The van der Waals surface area contributed by atoms with E-state index in [0.717, 1.165) is 22.5 Å². The third-order valence-corrected chi connectivity index (χ3v) is 6.30. The van der Waals surface area contributed by atoms with E-state index >= 15 is 0 Å². The molecule has 7 nitrogen and oxygen atoms in total. The van der Waals surface area contributed by atoms with E-state index in [1.165, 1.54) is 11.8 Å². The van der Waals surface area contributed by atoms with Crippen LogP contribution in [0.15, 0.2) is 84.0 Å². The number of aromatic nitrogens is 4. The van der Waals surface area contributed by atoms with E-state index in [1.807, 2.05) is 90.7 Å². The molecule has 0 saturated heterocycles. The number of hydrogen-bond donors (Lipinski definition) is 0. The third kappa shape index (κ3) is 3.85. The topological polar surface area (TPSA) is 73.1 Å². The van der Waals surface area contributed by atoms with Crippen molar-refractivity contribution in [2.45, 2.75) is 18.1 Å². The van der Waals surface area contributed by atoms with Crippen molar-refractivity contribution in [3.05, 3.63) is 90.0 Å². The smallest absolute Gasteiger partial charge is 0.238 e. The van der Waals surface area contributed by atoms with Gasteiger partial charge in [0.1, 0.15) is 12.4 Å². The molecule has 0 saturated carbocycles. The number of tetrazole rings is 1. The molecule has 0 radical (unpaired) electrons. The highest BCUT2D eigenvalue weighted by Crippen LogP contribution is 2.39. The van der Waals surface area contributed by atoms with Crippen LogP contribution in [0, 0.1) is 6.92 Å². The van der Waals surface area contributed by atoms with E-state index in [2.05, 4.69) is 15.5 Å². The van der Waals surface area contributed by atoms with Gasteiger partial charge in [-0.1, -0.05) is 72.4 Å². The number of carbonyl (C=O) groups is 1. The Morgan fingerprint density at radius 2 is 1.72 bits per heavy atom. The molecule has 1 amide bonds. The van der Waals surface area contributed by atoms with E-state index in [1.54, 1.807) is 4.68 Å². The number of thioether (sulfide) groups is 1. The zero-order valence-electron chi connectivity index (χ0n) is 17.5. The first-order valence-corrected chi connectivity index (χ1v) is 11.3. The van der Waals surface area contributed by atoms with E-state index < -0.39 is 0 Å². The summed E-state index contributed by atoms with van der Waals surface area (Å²) in [7, 11) is 0. The first-order chi connectivity index (χ1) is 15.7. The lowest BCUT2D eigenvalue weighted by atomic mass is 10.0. The summed E-state index contributed by atoms with van der Waals surface area (Å²) in [6, 6.07) is 25.3. The molecule has 0 aliphatic carbocycles. The number of para-hydroxylation sites is 3. The maximum absolute atomic E-state index is 13.5. The molecular weight excluding hydrogens is 422 g/mol. The van der Waals surface area contributed by atoms with Crippen molar-refractivity contribution in [1.29, 1.82) is 0 Å². The van der Waals surface area contributed by atoms with Crippen LogP contribution in [0.1, 0.15) is 17.2 Å². The van der Waals surface area contributed by atoms with E-state index in [0.29, 0.717) is 17.5 Å². The molecule has 5 rings (SSSR count). The summed E-state index contributed by atoms with van der Waals surface area (Å²) in [4.78, 5) is 15.4.